The molecule has 0 fully saturated rings. The van der Waals surface area contributed by atoms with Gasteiger partial charge in [-0.15, -0.1) is 0 Å². The average molecular weight is 279 g/mol. The summed E-state index contributed by atoms with van der Waals surface area (Å²) in [5, 5.41) is 17.6. The maximum Gasteiger partial charge on any atom is 0.332 e. The van der Waals surface area contributed by atoms with Crippen molar-refractivity contribution < 1.29 is 24.2 Å². The van der Waals surface area contributed by atoms with Crippen molar-refractivity contribution >= 4 is 27.9 Å². The molecular formula is C9H8BrFO4. The molecule has 82 valence electrons. The topological polar surface area (TPSA) is 74.6 Å². The van der Waals surface area contributed by atoms with Crippen LogP contribution >= 0.6 is 15.9 Å². The van der Waals surface area contributed by atoms with Gasteiger partial charge in [0.25, 0.3) is 0 Å². The van der Waals surface area contributed by atoms with Gasteiger partial charge in [-0.25, -0.2) is 9.18 Å². The molecule has 2 N–H and O–H groups in total. The van der Waals surface area contributed by atoms with Crippen LogP contribution in [0.25, 0.3) is 0 Å². The van der Waals surface area contributed by atoms with Gasteiger partial charge in [-0.3, -0.25) is 4.79 Å². The Labute approximate surface area is 93.2 Å². The van der Waals surface area contributed by atoms with Crippen molar-refractivity contribution in [3.05, 3.63) is 22.0 Å². The molecule has 0 bridgehead atoms. The van der Waals surface area contributed by atoms with Crippen LogP contribution in [0.15, 0.2) is 22.0 Å². The Bertz CT molecular complexity index is 399. The number of carbonyl (C=O) groups is 2. The number of hydrogen-bond donors (Lipinski definition) is 2. The molecule has 0 radical (unpaired) electrons. The van der Waals surface area contributed by atoms with Gasteiger partial charge in [0, 0.05) is 6.42 Å². The van der Waals surface area contributed by atoms with E-state index in [-0.39, 0.29) is 16.5 Å². The van der Waals surface area contributed by atoms with Crippen LogP contribution < -0.4 is 0 Å². The molecule has 0 amide bonds. The summed E-state index contributed by atoms with van der Waals surface area (Å²) in [5.41, 5.74) is -1.77. The Kier molecular flexibility index (Phi) is 2.99. The lowest BCUT2D eigenvalue weighted by atomic mass is 9.80. The Hall–Kier alpha value is -1.17. The monoisotopic (exact) mass is 278 g/mol. The lowest BCUT2D eigenvalue weighted by Gasteiger charge is -2.25. The molecule has 0 saturated carbocycles. The van der Waals surface area contributed by atoms with Crippen LogP contribution in [-0.4, -0.2) is 22.2 Å². The van der Waals surface area contributed by atoms with Crippen molar-refractivity contribution in [2.75, 3.05) is 0 Å². The molecular weight excluding hydrogens is 271 g/mol. The minimum Gasteiger partial charge on any atom is -0.481 e. The van der Waals surface area contributed by atoms with Crippen molar-refractivity contribution in [1.29, 1.82) is 0 Å². The van der Waals surface area contributed by atoms with E-state index < -0.39 is 23.2 Å². The zero-order valence-corrected chi connectivity index (χ0v) is 9.34. The first kappa shape index (κ1) is 11.9. The second kappa shape index (κ2) is 3.77. The molecule has 0 aromatic heterocycles. The van der Waals surface area contributed by atoms with Crippen LogP contribution in [0.2, 0.25) is 0 Å². The second-order valence-corrected chi connectivity index (χ2v) is 4.28. The molecule has 15 heavy (non-hydrogen) atoms. The van der Waals surface area contributed by atoms with Gasteiger partial charge in [-0.2, -0.15) is 0 Å². The molecule has 1 rings (SSSR count). The van der Waals surface area contributed by atoms with Gasteiger partial charge in [0.1, 0.15) is 5.83 Å². The van der Waals surface area contributed by atoms with Gasteiger partial charge in [0.05, 0.1) is 15.5 Å². The van der Waals surface area contributed by atoms with E-state index in [0.29, 0.717) is 0 Å². The van der Waals surface area contributed by atoms with E-state index in [0.717, 1.165) is 6.08 Å². The van der Waals surface area contributed by atoms with Crippen molar-refractivity contribution in [3.63, 3.8) is 0 Å². The van der Waals surface area contributed by atoms with Gasteiger partial charge in [0.2, 0.25) is 0 Å². The van der Waals surface area contributed by atoms with Crippen LogP contribution in [0.4, 0.5) is 4.39 Å². The lowest BCUT2D eigenvalue weighted by molar-refractivity contribution is -0.145. The van der Waals surface area contributed by atoms with Crippen LogP contribution in [0.3, 0.4) is 0 Å². The molecule has 4 nitrogen and oxygen atoms in total. The molecule has 0 spiro atoms. The average Bonchev–Trinajstić information content (AvgIpc) is 2.10. The first-order valence-corrected chi connectivity index (χ1v) is 4.81. The number of carboxylic acids is 2. The Balaban J connectivity index is 3.23. The Morgan fingerprint density at radius 3 is 2.47 bits per heavy atom. The molecule has 0 aliphatic heterocycles. The van der Waals surface area contributed by atoms with Crippen LogP contribution in [0, 0.1) is 5.41 Å². The molecule has 0 saturated heterocycles. The first-order valence-electron chi connectivity index (χ1n) is 4.02. The van der Waals surface area contributed by atoms with Gasteiger partial charge in [-0.05, 0) is 28.9 Å². The molecule has 6 heteroatoms. The maximum atomic E-state index is 13.3. The van der Waals surface area contributed by atoms with E-state index in [9.17, 15) is 14.0 Å². The normalized spacial score (nSPS) is 26.2. The number of carboxylic acid groups (broad SMARTS) is 2. The SMILES string of the molecule is CC1(C(=O)O)C=C(F)C(Br)=C(C(=O)O)C1. The fourth-order valence-corrected chi connectivity index (χ4v) is 1.71. The maximum absolute atomic E-state index is 13.3. The highest BCUT2D eigenvalue weighted by Gasteiger charge is 2.39. The number of allylic oxidation sites excluding steroid dienone is 2. The Morgan fingerprint density at radius 1 is 1.53 bits per heavy atom. The lowest BCUT2D eigenvalue weighted by Crippen LogP contribution is -2.30. The van der Waals surface area contributed by atoms with E-state index in [4.69, 9.17) is 10.2 Å². The fraction of sp³-hybridized carbons (Fsp3) is 0.333. The highest BCUT2D eigenvalue weighted by Crippen LogP contribution is 2.40. The molecule has 1 aliphatic rings. The Morgan fingerprint density at radius 2 is 2.07 bits per heavy atom. The largest absolute Gasteiger partial charge is 0.481 e. The van der Waals surface area contributed by atoms with E-state index in [1.165, 1.54) is 6.92 Å². The third-order valence-corrected chi connectivity index (χ3v) is 3.07. The minimum atomic E-state index is -1.50. The number of halogens is 2. The third-order valence-electron chi connectivity index (χ3n) is 2.21. The molecule has 0 aromatic carbocycles. The number of rotatable bonds is 2. The van der Waals surface area contributed by atoms with Crippen LogP contribution in [0.5, 0.6) is 0 Å². The quantitative estimate of drug-likeness (QED) is 0.811. The summed E-state index contributed by atoms with van der Waals surface area (Å²) in [7, 11) is 0. The summed E-state index contributed by atoms with van der Waals surface area (Å²) in [6, 6.07) is 0. The van der Waals surface area contributed by atoms with Crippen LogP contribution in [-0.2, 0) is 9.59 Å². The molecule has 0 heterocycles. The van der Waals surface area contributed by atoms with E-state index in [1.807, 2.05) is 0 Å². The molecule has 1 unspecified atom stereocenters. The van der Waals surface area contributed by atoms with Gasteiger partial charge >= 0.3 is 11.9 Å². The van der Waals surface area contributed by atoms with Gasteiger partial charge in [-0.1, -0.05) is 0 Å². The smallest absolute Gasteiger partial charge is 0.332 e. The summed E-state index contributed by atoms with van der Waals surface area (Å²) in [6.45, 7) is 1.28. The highest BCUT2D eigenvalue weighted by atomic mass is 79.9. The van der Waals surface area contributed by atoms with Gasteiger partial charge in [0.15, 0.2) is 0 Å². The highest BCUT2D eigenvalue weighted by molar-refractivity contribution is 9.12. The first-order chi connectivity index (χ1) is 6.78. The van der Waals surface area contributed by atoms with Crippen molar-refractivity contribution in [1.82, 2.24) is 0 Å². The summed E-state index contributed by atoms with van der Waals surface area (Å²) < 4.78 is 13.1. The second-order valence-electron chi connectivity index (χ2n) is 3.49. The van der Waals surface area contributed by atoms with Crippen molar-refractivity contribution in [3.8, 4) is 0 Å². The zero-order chi connectivity index (χ0) is 11.8. The van der Waals surface area contributed by atoms with Crippen molar-refractivity contribution in [2.45, 2.75) is 13.3 Å². The predicted molar refractivity (Wildman–Crippen MR) is 53.1 cm³/mol. The van der Waals surface area contributed by atoms with Crippen LogP contribution in [0.1, 0.15) is 13.3 Å². The minimum absolute atomic E-state index is 0.186. The summed E-state index contributed by atoms with van der Waals surface area (Å²) in [6.07, 6.45) is 0.664. The number of hydrogen-bond acceptors (Lipinski definition) is 2. The van der Waals surface area contributed by atoms with Gasteiger partial charge < -0.3 is 10.2 Å². The van der Waals surface area contributed by atoms with E-state index in [1.54, 1.807) is 0 Å². The molecule has 1 atom stereocenters. The fourth-order valence-electron chi connectivity index (χ4n) is 1.29. The standard InChI is InChI=1S/C9H8BrFO4/c1-9(8(14)15)2-4(7(12)13)6(10)5(11)3-9/h3H,2H2,1H3,(H,12,13)(H,14,15). The van der Waals surface area contributed by atoms with E-state index >= 15 is 0 Å². The summed E-state index contributed by atoms with van der Waals surface area (Å²) in [4.78, 5) is 21.6. The van der Waals surface area contributed by atoms with Crippen molar-refractivity contribution in [2.24, 2.45) is 5.41 Å². The molecule has 0 aromatic rings. The predicted octanol–water partition coefficient (Wildman–Crippen LogP) is 2.07. The summed E-state index contributed by atoms with van der Waals surface area (Å²) >= 11 is 2.78. The number of aliphatic carboxylic acids is 2. The summed E-state index contributed by atoms with van der Waals surface area (Å²) in [5.74, 6) is -3.43. The molecule has 1 aliphatic carbocycles. The zero-order valence-electron chi connectivity index (χ0n) is 7.75. The van der Waals surface area contributed by atoms with E-state index in [2.05, 4.69) is 15.9 Å². The third kappa shape index (κ3) is 2.09.